The molecule has 0 spiro atoms. The van der Waals surface area contributed by atoms with Gasteiger partial charge < -0.3 is 20.6 Å². The van der Waals surface area contributed by atoms with Crippen LogP contribution in [0.1, 0.15) is 38.2 Å². The molecule has 0 unspecified atom stereocenters. The SMILES string of the molecule is CCNC(=NCc1ccccc1S(=O)(=O)N1CCN(C)CC1)NC1CCC(O)CC1. The summed E-state index contributed by atoms with van der Waals surface area (Å²) in [7, 11) is -1.53. The van der Waals surface area contributed by atoms with Crippen molar-refractivity contribution >= 4 is 16.0 Å². The van der Waals surface area contributed by atoms with Gasteiger partial charge in [0.05, 0.1) is 17.5 Å². The maximum Gasteiger partial charge on any atom is 0.243 e. The summed E-state index contributed by atoms with van der Waals surface area (Å²) in [4.78, 5) is 7.15. The molecule has 0 atom stereocenters. The molecular formula is C21H35N5O3S. The summed E-state index contributed by atoms with van der Waals surface area (Å²) >= 11 is 0. The van der Waals surface area contributed by atoms with E-state index in [1.807, 2.05) is 26.1 Å². The van der Waals surface area contributed by atoms with Crippen LogP contribution in [-0.2, 0) is 16.6 Å². The van der Waals surface area contributed by atoms with Gasteiger partial charge in [-0.05, 0) is 51.3 Å². The Morgan fingerprint density at radius 1 is 1.13 bits per heavy atom. The molecule has 3 rings (SSSR count). The van der Waals surface area contributed by atoms with Crippen LogP contribution >= 0.6 is 0 Å². The van der Waals surface area contributed by atoms with E-state index in [0.717, 1.165) is 45.3 Å². The molecule has 1 aromatic rings. The molecule has 0 radical (unpaired) electrons. The second-order valence-electron chi connectivity index (χ2n) is 8.16. The smallest absolute Gasteiger partial charge is 0.243 e. The quantitative estimate of drug-likeness (QED) is 0.454. The summed E-state index contributed by atoms with van der Waals surface area (Å²) in [6, 6.07) is 7.42. The summed E-state index contributed by atoms with van der Waals surface area (Å²) in [6.45, 7) is 5.51. The normalized spacial score (nSPS) is 24.6. The van der Waals surface area contributed by atoms with Crippen molar-refractivity contribution in [3.05, 3.63) is 29.8 Å². The van der Waals surface area contributed by atoms with Crippen LogP contribution < -0.4 is 10.6 Å². The van der Waals surface area contributed by atoms with Gasteiger partial charge in [0, 0.05) is 38.8 Å². The molecule has 8 nitrogen and oxygen atoms in total. The Bertz CT molecular complexity index is 814. The number of nitrogens with zero attached hydrogens (tertiary/aromatic N) is 3. The Kier molecular flexibility index (Phi) is 8.10. The molecule has 2 fully saturated rings. The van der Waals surface area contributed by atoms with E-state index in [2.05, 4.69) is 20.5 Å². The minimum Gasteiger partial charge on any atom is -0.393 e. The first-order valence-corrected chi connectivity index (χ1v) is 12.3. The van der Waals surface area contributed by atoms with Crippen LogP contribution in [0.5, 0.6) is 0 Å². The van der Waals surface area contributed by atoms with Crippen LogP contribution in [0.3, 0.4) is 0 Å². The van der Waals surface area contributed by atoms with Crippen molar-refractivity contribution in [1.29, 1.82) is 0 Å². The molecule has 9 heteroatoms. The van der Waals surface area contributed by atoms with Gasteiger partial charge in [-0.2, -0.15) is 4.31 Å². The number of hydrogen-bond donors (Lipinski definition) is 3. The lowest BCUT2D eigenvalue weighted by atomic mass is 9.93. The van der Waals surface area contributed by atoms with Gasteiger partial charge in [-0.25, -0.2) is 13.4 Å². The molecule has 2 aliphatic rings. The Hall–Kier alpha value is -1.68. The number of aliphatic hydroxyl groups excluding tert-OH is 1. The summed E-state index contributed by atoms with van der Waals surface area (Å²) in [5.41, 5.74) is 0.702. The topological polar surface area (TPSA) is 97.3 Å². The highest BCUT2D eigenvalue weighted by molar-refractivity contribution is 7.89. The number of nitrogens with one attached hydrogen (secondary N) is 2. The highest BCUT2D eigenvalue weighted by Gasteiger charge is 2.29. The molecular weight excluding hydrogens is 402 g/mol. The van der Waals surface area contributed by atoms with Crippen molar-refractivity contribution in [2.75, 3.05) is 39.8 Å². The number of sulfonamides is 1. The van der Waals surface area contributed by atoms with Crippen LogP contribution in [-0.4, -0.2) is 80.6 Å². The maximum atomic E-state index is 13.2. The van der Waals surface area contributed by atoms with Crippen LogP contribution in [0.4, 0.5) is 0 Å². The first-order valence-electron chi connectivity index (χ1n) is 10.9. The van der Waals surface area contributed by atoms with Crippen molar-refractivity contribution < 1.29 is 13.5 Å². The molecule has 168 valence electrons. The van der Waals surface area contributed by atoms with Gasteiger partial charge in [0.2, 0.25) is 10.0 Å². The molecule has 3 N–H and O–H groups in total. The Labute approximate surface area is 180 Å². The zero-order valence-electron chi connectivity index (χ0n) is 18.0. The van der Waals surface area contributed by atoms with E-state index >= 15 is 0 Å². The summed E-state index contributed by atoms with van der Waals surface area (Å²) in [5, 5.41) is 16.4. The monoisotopic (exact) mass is 437 g/mol. The molecule has 1 saturated heterocycles. The number of piperazine rings is 1. The van der Waals surface area contributed by atoms with Gasteiger partial charge in [0.15, 0.2) is 5.96 Å². The van der Waals surface area contributed by atoms with Crippen molar-refractivity contribution in [1.82, 2.24) is 19.8 Å². The third-order valence-electron chi connectivity index (χ3n) is 5.84. The minimum absolute atomic E-state index is 0.200. The molecule has 0 amide bonds. The Morgan fingerprint density at radius 2 is 1.80 bits per heavy atom. The summed E-state index contributed by atoms with van der Waals surface area (Å²) in [6.07, 6.45) is 3.20. The van der Waals surface area contributed by atoms with E-state index in [4.69, 9.17) is 0 Å². The fraction of sp³-hybridized carbons (Fsp3) is 0.667. The standard InChI is InChI=1S/C21H35N5O3S/c1-3-22-21(24-18-8-10-19(27)11-9-18)23-16-17-6-4-5-7-20(17)30(28,29)26-14-12-25(2)13-15-26/h4-7,18-19,27H,3,8-16H2,1-2H3,(H2,22,23,24). The third kappa shape index (κ3) is 5.94. The number of aliphatic hydroxyl groups is 1. The van der Waals surface area contributed by atoms with Crippen LogP contribution in [0, 0.1) is 0 Å². The van der Waals surface area contributed by atoms with E-state index in [9.17, 15) is 13.5 Å². The van der Waals surface area contributed by atoms with E-state index in [1.54, 1.807) is 16.4 Å². The van der Waals surface area contributed by atoms with Crippen LogP contribution in [0.2, 0.25) is 0 Å². The van der Waals surface area contributed by atoms with Gasteiger partial charge in [0.1, 0.15) is 0 Å². The fourth-order valence-electron chi connectivity index (χ4n) is 3.95. The number of guanidine groups is 1. The largest absolute Gasteiger partial charge is 0.393 e. The van der Waals surface area contributed by atoms with Gasteiger partial charge >= 0.3 is 0 Å². The summed E-state index contributed by atoms with van der Waals surface area (Å²) in [5.74, 6) is 0.686. The molecule has 1 aromatic carbocycles. The molecule has 1 aliphatic heterocycles. The molecule has 1 aliphatic carbocycles. The Morgan fingerprint density at radius 3 is 2.47 bits per heavy atom. The first kappa shape index (κ1) is 23.0. The molecule has 30 heavy (non-hydrogen) atoms. The number of rotatable bonds is 6. The lowest BCUT2D eigenvalue weighted by Crippen LogP contribution is -2.47. The van der Waals surface area contributed by atoms with Gasteiger partial charge in [-0.1, -0.05) is 18.2 Å². The highest BCUT2D eigenvalue weighted by atomic mass is 32.2. The van der Waals surface area contributed by atoms with Gasteiger partial charge in [-0.3, -0.25) is 0 Å². The lowest BCUT2D eigenvalue weighted by Gasteiger charge is -2.32. The minimum atomic E-state index is -3.54. The van der Waals surface area contributed by atoms with Crippen LogP contribution in [0.25, 0.3) is 0 Å². The van der Waals surface area contributed by atoms with Crippen molar-refractivity contribution in [3.8, 4) is 0 Å². The molecule has 1 saturated carbocycles. The van der Waals surface area contributed by atoms with E-state index in [-0.39, 0.29) is 18.7 Å². The van der Waals surface area contributed by atoms with Crippen LogP contribution in [0.15, 0.2) is 34.2 Å². The predicted octanol–water partition coefficient (Wildman–Crippen LogP) is 0.981. The second-order valence-corrected chi connectivity index (χ2v) is 10.1. The molecule has 0 aromatic heterocycles. The zero-order valence-corrected chi connectivity index (χ0v) is 18.9. The maximum absolute atomic E-state index is 13.2. The van der Waals surface area contributed by atoms with E-state index < -0.39 is 10.0 Å². The first-order chi connectivity index (χ1) is 14.4. The van der Waals surface area contributed by atoms with Gasteiger partial charge in [-0.15, -0.1) is 0 Å². The third-order valence-corrected chi connectivity index (χ3v) is 7.84. The number of benzene rings is 1. The average molecular weight is 438 g/mol. The fourth-order valence-corrected chi connectivity index (χ4v) is 5.59. The van der Waals surface area contributed by atoms with Crippen molar-refractivity contribution in [2.45, 2.75) is 56.2 Å². The lowest BCUT2D eigenvalue weighted by molar-refractivity contribution is 0.120. The predicted molar refractivity (Wildman–Crippen MR) is 119 cm³/mol. The second kappa shape index (κ2) is 10.6. The molecule has 1 heterocycles. The molecule has 0 bridgehead atoms. The number of hydrogen-bond acceptors (Lipinski definition) is 5. The van der Waals surface area contributed by atoms with Crippen molar-refractivity contribution in [3.63, 3.8) is 0 Å². The Balaban J connectivity index is 1.73. The van der Waals surface area contributed by atoms with Gasteiger partial charge in [0.25, 0.3) is 0 Å². The number of aliphatic imine (C=N–C) groups is 1. The number of likely N-dealkylation sites (N-methyl/N-ethyl adjacent to an activating group) is 1. The summed E-state index contributed by atoms with van der Waals surface area (Å²) < 4.78 is 28.0. The van der Waals surface area contributed by atoms with Crippen molar-refractivity contribution in [2.24, 2.45) is 4.99 Å². The van der Waals surface area contributed by atoms with E-state index in [1.165, 1.54) is 0 Å². The highest BCUT2D eigenvalue weighted by Crippen LogP contribution is 2.22. The zero-order chi connectivity index (χ0) is 21.6. The van der Waals surface area contributed by atoms with E-state index in [0.29, 0.717) is 29.5 Å². The average Bonchev–Trinajstić information content (AvgIpc) is 2.74.